The van der Waals surface area contributed by atoms with Crippen molar-refractivity contribution in [3.05, 3.63) is 59.7 Å². The van der Waals surface area contributed by atoms with Crippen molar-refractivity contribution in [3.8, 4) is 0 Å². The third kappa shape index (κ3) is 5.04. The fourth-order valence-corrected chi connectivity index (χ4v) is 3.61. The summed E-state index contributed by atoms with van der Waals surface area (Å²) >= 11 is 0. The molecule has 1 aromatic carbocycles. The van der Waals surface area contributed by atoms with Gasteiger partial charge in [0, 0.05) is 12.0 Å². The van der Waals surface area contributed by atoms with Gasteiger partial charge >= 0.3 is 0 Å². The Bertz CT molecular complexity index is 716. The second-order valence-corrected chi connectivity index (χ2v) is 7.44. The van der Waals surface area contributed by atoms with Gasteiger partial charge in [0.1, 0.15) is 12.2 Å². The fourth-order valence-electron chi connectivity index (χ4n) is 3.61. The highest BCUT2D eigenvalue weighted by Gasteiger charge is 2.20. The zero-order valence-corrected chi connectivity index (χ0v) is 15.6. The van der Waals surface area contributed by atoms with Gasteiger partial charge < -0.3 is 5.32 Å². The minimum absolute atomic E-state index is 0.00279. The molecule has 1 amide bonds. The average Bonchev–Trinajstić information content (AvgIpc) is 3.17. The third-order valence-electron chi connectivity index (χ3n) is 5.27. The van der Waals surface area contributed by atoms with Crippen LogP contribution >= 0.6 is 0 Å². The van der Waals surface area contributed by atoms with Crippen LogP contribution in [-0.4, -0.2) is 21.1 Å². The minimum Gasteiger partial charge on any atom is -0.345 e. The number of aromatic nitrogens is 3. The van der Waals surface area contributed by atoms with Crippen LogP contribution in [0, 0.1) is 11.8 Å². The first-order valence-corrected chi connectivity index (χ1v) is 9.50. The van der Waals surface area contributed by atoms with E-state index in [9.17, 15) is 4.79 Å². The SMILES string of the molecule is C/C(=C\C1CCC(C)CC1)C(=O)NC(Cc1ncn[nH]1)c1ccccc1. The van der Waals surface area contributed by atoms with E-state index in [0.29, 0.717) is 12.3 Å². The summed E-state index contributed by atoms with van der Waals surface area (Å²) in [6.45, 7) is 4.23. The Morgan fingerprint density at radius 3 is 2.65 bits per heavy atom. The Hall–Kier alpha value is -2.43. The first-order valence-electron chi connectivity index (χ1n) is 9.50. The highest BCUT2D eigenvalue weighted by Crippen LogP contribution is 2.29. The summed E-state index contributed by atoms with van der Waals surface area (Å²) in [6.07, 6.45) is 9.14. The van der Waals surface area contributed by atoms with Crippen molar-refractivity contribution in [1.82, 2.24) is 20.5 Å². The number of allylic oxidation sites excluding steroid dienone is 1. The molecule has 1 saturated carbocycles. The Balaban J connectivity index is 1.68. The third-order valence-corrected chi connectivity index (χ3v) is 5.27. The number of nitrogens with zero attached hydrogens (tertiary/aromatic N) is 2. The summed E-state index contributed by atoms with van der Waals surface area (Å²) in [5.41, 5.74) is 1.87. The molecule has 0 spiro atoms. The molecule has 138 valence electrons. The fraction of sp³-hybridized carbons (Fsp3) is 0.476. The topological polar surface area (TPSA) is 70.7 Å². The van der Waals surface area contributed by atoms with Crippen molar-refractivity contribution in [3.63, 3.8) is 0 Å². The van der Waals surface area contributed by atoms with Gasteiger partial charge in [0.2, 0.25) is 5.91 Å². The molecule has 0 aliphatic heterocycles. The maximum absolute atomic E-state index is 12.8. The lowest BCUT2D eigenvalue weighted by atomic mass is 9.82. The number of hydrogen-bond acceptors (Lipinski definition) is 3. The van der Waals surface area contributed by atoms with Gasteiger partial charge in [-0.25, -0.2) is 4.98 Å². The lowest BCUT2D eigenvalue weighted by molar-refractivity contribution is -0.118. The molecule has 0 saturated heterocycles. The lowest BCUT2D eigenvalue weighted by Crippen LogP contribution is -2.31. The maximum atomic E-state index is 12.8. The molecule has 26 heavy (non-hydrogen) atoms. The van der Waals surface area contributed by atoms with Gasteiger partial charge in [-0.1, -0.05) is 56.2 Å². The van der Waals surface area contributed by atoms with E-state index in [1.54, 1.807) is 0 Å². The quantitative estimate of drug-likeness (QED) is 0.773. The van der Waals surface area contributed by atoms with Crippen molar-refractivity contribution in [2.75, 3.05) is 0 Å². The van der Waals surface area contributed by atoms with E-state index in [-0.39, 0.29) is 11.9 Å². The van der Waals surface area contributed by atoms with E-state index in [1.165, 1.54) is 32.0 Å². The van der Waals surface area contributed by atoms with E-state index in [2.05, 4.69) is 33.5 Å². The van der Waals surface area contributed by atoms with Gasteiger partial charge in [-0.15, -0.1) is 0 Å². The number of hydrogen-bond donors (Lipinski definition) is 2. The van der Waals surface area contributed by atoms with Crippen LogP contribution in [-0.2, 0) is 11.2 Å². The number of aromatic amines is 1. The number of carbonyl (C=O) groups excluding carboxylic acids is 1. The molecule has 2 N–H and O–H groups in total. The molecule has 5 nitrogen and oxygen atoms in total. The predicted molar refractivity (Wildman–Crippen MR) is 102 cm³/mol. The Morgan fingerprint density at radius 1 is 1.27 bits per heavy atom. The summed E-state index contributed by atoms with van der Waals surface area (Å²) in [7, 11) is 0. The van der Waals surface area contributed by atoms with E-state index in [0.717, 1.165) is 22.9 Å². The minimum atomic E-state index is -0.133. The second-order valence-electron chi connectivity index (χ2n) is 7.44. The number of H-pyrrole nitrogens is 1. The first-order chi connectivity index (χ1) is 12.6. The van der Waals surface area contributed by atoms with E-state index in [1.807, 2.05) is 37.3 Å². The smallest absolute Gasteiger partial charge is 0.247 e. The van der Waals surface area contributed by atoms with Gasteiger partial charge in [-0.3, -0.25) is 9.89 Å². The summed E-state index contributed by atoms with van der Waals surface area (Å²) in [5, 5.41) is 9.96. The number of amides is 1. The van der Waals surface area contributed by atoms with Crippen LogP contribution in [0.1, 0.15) is 57.0 Å². The monoisotopic (exact) mass is 352 g/mol. The highest BCUT2D eigenvalue weighted by atomic mass is 16.1. The molecule has 1 unspecified atom stereocenters. The molecule has 2 aromatic rings. The van der Waals surface area contributed by atoms with Crippen LogP contribution in [0.15, 0.2) is 48.3 Å². The predicted octanol–water partition coefficient (Wildman–Crippen LogP) is 3.98. The van der Waals surface area contributed by atoms with Gasteiger partial charge in [-0.05, 0) is 37.2 Å². The van der Waals surface area contributed by atoms with E-state index < -0.39 is 0 Å². The van der Waals surface area contributed by atoms with Gasteiger partial charge in [0.15, 0.2) is 0 Å². The first kappa shape index (κ1) is 18.4. The lowest BCUT2D eigenvalue weighted by Gasteiger charge is -2.24. The van der Waals surface area contributed by atoms with Crippen molar-refractivity contribution < 1.29 is 4.79 Å². The number of rotatable bonds is 6. The van der Waals surface area contributed by atoms with E-state index >= 15 is 0 Å². The summed E-state index contributed by atoms with van der Waals surface area (Å²) in [5.74, 6) is 2.11. The number of nitrogens with one attached hydrogen (secondary N) is 2. The molecule has 3 rings (SSSR count). The summed E-state index contributed by atoms with van der Waals surface area (Å²) in [6, 6.07) is 9.88. The van der Waals surface area contributed by atoms with Gasteiger partial charge in [-0.2, -0.15) is 5.10 Å². The van der Waals surface area contributed by atoms with Crippen LogP contribution < -0.4 is 5.32 Å². The summed E-state index contributed by atoms with van der Waals surface area (Å²) in [4.78, 5) is 17.0. The molecule has 5 heteroatoms. The zero-order valence-electron chi connectivity index (χ0n) is 15.6. The molecule has 1 heterocycles. The molecular weight excluding hydrogens is 324 g/mol. The largest absolute Gasteiger partial charge is 0.345 e. The van der Waals surface area contributed by atoms with Crippen LogP contribution in [0.25, 0.3) is 0 Å². The summed E-state index contributed by atoms with van der Waals surface area (Å²) < 4.78 is 0. The standard InChI is InChI=1S/C21H28N4O/c1-15-8-10-17(11-9-15)12-16(2)21(26)24-19(13-20-22-14-23-25-20)18-6-4-3-5-7-18/h3-7,12,14-15,17,19H,8-11,13H2,1-2H3,(H,24,26)(H,22,23,25)/b16-12+. The molecule has 1 aromatic heterocycles. The molecule has 1 aliphatic carbocycles. The van der Waals surface area contributed by atoms with Crippen LogP contribution in [0.5, 0.6) is 0 Å². The highest BCUT2D eigenvalue weighted by molar-refractivity contribution is 5.93. The Morgan fingerprint density at radius 2 is 2.00 bits per heavy atom. The average molecular weight is 352 g/mol. The van der Waals surface area contributed by atoms with Crippen molar-refractivity contribution in [1.29, 1.82) is 0 Å². The number of benzene rings is 1. The Kier molecular flexibility index (Phi) is 6.21. The van der Waals surface area contributed by atoms with Gasteiger partial charge in [0.25, 0.3) is 0 Å². The van der Waals surface area contributed by atoms with Crippen LogP contribution in [0.4, 0.5) is 0 Å². The van der Waals surface area contributed by atoms with Crippen molar-refractivity contribution in [2.24, 2.45) is 11.8 Å². The maximum Gasteiger partial charge on any atom is 0.247 e. The van der Waals surface area contributed by atoms with Crippen molar-refractivity contribution in [2.45, 2.75) is 52.0 Å². The second kappa shape index (κ2) is 8.79. The van der Waals surface area contributed by atoms with Crippen molar-refractivity contribution >= 4 is 5.91 Å². The van der Waals surface area contributed by atoms with Crippen LogP contribution in [0.3, 0.4) is 0 Å². The normalized spacial score (nSPS) is 22.0. The van der Waals surface area contributed by atoms with E-state index in [4.69, 9.17) is 0 Å². The molecule has 0 bridgehead atoms. The number of carbonyl (C=O) groups is 1. The van der Waals surface area contributed by atoms with Gasteiger partial charge in [0.05, 0.1) is 6.04 Å². The zero-order chi connectivity index (χ0) is 18.4. The molecular formula is C21H28N4O. The molecule has 0 radical (unpaired) electrons. The molecule has 1 fully saturated rings. The Labute approximate surface area is 155 Å². The molecule has 1 atom stereocenters. The van der Waals surface area contributed by atoms with Crippen LogP contribution in [0.2, 0.25) is 0 Å². The molecule has 1 aliphatic rings.